The first-order valence-corrected chi connectivity index (χ1v) is 18.3. The third kappa shape index (κ3) is 18.1. The van der Waals surface area contributed by atoms with Crippen LogP contribution in [0.15, 0.2) is 79.1 Å². The molecule has 3 rings (SSSR count). The summed E-state index contributed by atoms with van der Waals surface area (Å²) in [7, 11) is 0. The van der Waals surface area contributed by atoms with Crippen LogP contribution in [0.1, 0.15) is 102 Å². The summed E-state index contributed by atoms with van der Waals surface area (Å²) in [6.07, 6.45) is 17.8. The Balaban J connectivity index is 1.35. The third-order valence-electron chi connectivity index (χ3n) is 8.32. The standard InChI is InChI=1S/C40H57N5O4/c1-2-3-4-5-6-7-8-9-10-14-29-42-37(46)20-16-31-49-36-24-22-35(23-25-36)44-39(40(48)43-30-27-33-17-12-11-13-18-33)45-38(47)26-21-34-19-15-28-41-32-34/h11-13,15,17-19,22-25,28,32,39,44H,2-10,14,16,20-21,26-27,29-31H2,1H3,(H,42,46)(H,43,48)(H,45,47). The third-order valence-corrected chi connectivity index (χ3v) is 8.32. The van der Waals surface area contributed by atoms with Gasteiger partial charge in [-0.25, -0.2) is 0 Å². The molecule has 4 N–H and O–H groups in total. The maximum atomic E-state index is 13.2. The van der Waals surface area contributed by atoms with Gasteiger partial charge in [-0.2, -0.15) is 0 Å². The van der Waals surface area contributed by atoms with Crippen molar-refractivity contribution in [1.29, 1.82) is 0 Å². The topological polar surface area (TPSA) is 121 Å². The second-order valence-electron chi connectivity index (χ2n) is 12.5. The Morgan fingerprint density at radius 3 is 2.06 bits per heavy atom. The van der Waals surface area contributed by atoms with E-state index in [0.29, 0.717) is 50.3 Å². The van der Waals surface area contributed by atoms with E-state index in [4.69, 9.17) is 4.74 Å². The van der Waals surface area contributed by atoms with E-state index in [1.54, 1.807) is 24.5 Å². The zero-order valence-electron chi connectivity index (χ0n) is 29.4. The second kappa shape index (κ2) is 24.7. The first kappa shape index (κ1) is 39.0. The molecule has 266 valence electrons. The summed E-state index contributed by atoms with van der Waals surface area (Å²) in [5.74, 6) is 0.166. The molecule has 0 spiro atoms. The largest absolute Gasteiger partial charge is 0.494 e. The van der Waals surface area contributed by atoms with Crippen LogP contribution in [0.2, 0.25) is 0 Å². The second-order valence-corrected chi connectivity index (χ2v) is 12.5. The predicted molar refractivity (Wildman–Crippen MR) is 197 cm³/mol. The number of unbranched alkanes of at least 4 members (excludes halogenated alkanes) is 9. The van der Waals surface area contributed by atoms with Gasteiger partial charge in [0, 0.05) is 44.0 Å². The highest BCUT2D eigenvalue weighted by Crippen LogP contribution is 2.17. The molecule has 49 heavy (non-hydrogen) atoms. The quantitative estimate of drug-likeness (QED) is 0.0533. The number of aromatic nitrogens is 1. The minimum absolute atomic E-state index is 0.0645. The molecule has 0 radical (unpaired) electrons. The Morgan fingerprint density at radius 2 is 1.37 bits per heavy atom. The molecule has 3 amide bonds. The Hall–Kier alpha value is -4.40. The van der Waals surface area contributed by atoms with Gasteiger partial charge < -0.3 is 26.0 Å². The molecular formula is C40H57N5O4. The number of carbonyl (C=O) groups is 3. The van der Waals surface area contributed by atoms with E-state index < -0.39 is 6.17 Å². The lowest BCUT2D eigenvalue weighted by Crippen LogP contribution is -2.51. The van der Waals surface area contributed by atoms with Gasteiger partial charge in [-0.3, -0.25) is 19.4 Å². The van der Waals surface area contributed by atoms with Gasteiger partial charge in [-0.15, -0.1) is 0 Å². The molecule has 1 heterocycles. The van der Waals surface area contributed by atoms with E-state index in [0.717, 1.165) is 24.1 Å². The molecule has 2 aromatic carbocycles. The minimum Gasteiger partial charge on any atom is -0.494 e. The van der Waals surface area contributed by atoms with E-state index in [-0.39, 0.29) is 24.1 Å². The maximum Gasteiger partial charge on any atom is 0.263 e. The molecule has 0 fully saturated rings. The van der Waals surface area contributed by atoms with Crippen LogP contribution in [-0.4, -0.2) is 48.6 Å². The van der Waals surface area contributed by atoms with Crippen LogP contribution in [-0.2, 0) is 27.2 Å². The molecule has 1 aromatic heterocycles. The van der Waals surface area contributed by atoms with Gasteiger partial charge in [0.15, 0.2) is 6.17 Å². The first-order chi connectivity index (χ1) is 24.0. The van der Waals surface area contributed by atoms with Crippen molar-refractivity contribution < 1.29 is 19.1 Å². The average molecular weight is 672 g/mol. The van der Waals surface area contributed by atoms with Crippen LogP contribution in [0.3, 0.4) is 0 Å². The van der Waals surface area contributed by atoms with Gasteiger partial charge in [0.1, 0.15) is 5.75 Å². The fraction of sp³-hybridized carbons (Fsp3) is 0.500. The van der Waals surface area contributed by atoms with Crippen LogP contribution >= 0.6 is 0 Å². The van der Waals surface area contributed by atoms with E-state index in [9.17, 15) is 14.4 Å². The highest BCUT2D eigenvalue weighted by Gasteiger charge is 2.20. The first-order valence-electron chi connectivity index (χ1n) is 18.3. The van der Waals surface area contributed by atoms with Crippen LogP contribution in [0, 0.1) is 0 Å². The van der Waals surface area contributed by atoms with Crippen molar-refractivity contribution in [2.75, 3.05) is 25.0 Å². The summed E-state index contributed by atoms with van der Waals surface area (Å²) < 4.78 is 5.85. The summed E-state index contributed by atoms with van der Waals surface area (Å²) >= 11 is 0. The smallest absolute Gasteiger partial charge is 0.263 e. The van der Waals surface area contributed by atoms with Crippen LogP contribution in [0.5, 0.6) is 5.75 Å². The number of rotatable bonds is 26. The van der Waals surface area contributed by atoms with Crippen molar-refractivity contribution in [3.05, 3.63) is 90.3 Å². The van der Waals surface area contributed by atoms with Gasteiger partial charge >= 0.3 is 0 Å². The Kier molecular flexibility index (Phi) is 19.7. The maximum absolute atomic E-state index is 13.2. The molecular weight excluding hydrogens is 614 g/mol. The lowest BCUT2D eigenvalue weighted by atomic mass is 10.1. The number of pyridine rings is 1. The normalized spacial score (nSPS) is 11.4. The van der Waals surface area contributed by atoms with Gasteiger partial charge in [-0.1, -0.05) is 101 Å². The number of ether oxygens (including phenoxy) is 1. The summed E-state index contributed by atoms with van der Waals surface area (Å²) in [6, 6.07) is 20.9. The van der Waals surface area contributed by atoms with Gasteiger partial charge in [0.2, 0.25) is 11.8 Å². The molecule has 0 saturated carbocycles. The Morgan fingerprint density at radius 1 is 0.673 bits per heavy atom. The number of carbonyl (C=O) groups excluding carboxylic acids is 3. The monoisotopic (exact) mass is 671 g/mol. The average Bonchev–Trinajstić information content (AvgIpc) is 3.12. The number of benzene rings is 2. The van der Waals surface area contributed by atoms with Crippen molar-refractivity contribution in [2.45, 2.75) is 109 Å². The highest BCUT2D eigenvalue weighted by atomic mass is 16.5. The molecule has 9 heteroatoms. The van der Waals surface area contributed by atoms with Gasteiger partial charge in [0.25, 0.3) is 5.91 Å². The molecule has 9 nitrogen and oxygen atoms in total. The fourth-order valence-electron chi connectivity index (χ4n) is 5.45. The molecule has 0 aliphatic heterocycles. The summed E-state index contributed by atoms with van der Waals surface area (Å²) in [4.78, 5) is 42.3. The molecule has 3 aromatic rings. The van der Waals surface area contributed by atoms with Crippen molar-refractivity contribution in [2.24, 2.45) is 0 Å². The fourth-order valence-corrected chi connectivity index (χ4v) is 5.45. The number of hydrogen-bond acceptors (Lipinski definition) is 6. The van der Waals surface area contributed by atoms with Crippen LogP contribution in [0.25, 0.3) is 0 Å². The number of anilines is 1. The molecule has 0 aliphatic carbocycles. The lowest BCUT2D eigenvalue weighted by Gasteiger charge is -2.21. The number of nitrogens with one attached hydrogen (secondary N) is 4. The van der Waals surface area contributed by atoms with Crippen molar-refractivity contribution in [3.8, 4) is 5.75 Å². The van der Waals surface area contributed by atoms with Gasteiger partial charge in [0.05, 0.1) is 6.61 Å². The van der Waals surface area contributed by atoms with E-state index in [2.05, 4.69) is 33.2 Å². The summed E-state index contributed by atoms with van der Waals surface area (Å²) in [6.45, 7) is 3.86. The molecule has 1 unspecified atom stereocenters. The number of nitrogens with zero attached hydrogens (tertiary/aromatic N) is 1. The zero-order valence-corrected chi connectivity index (χ0v) is 29.4. The number of hydrogen-bond donors (Lipinski definition) is 4. The summed E-state index contributed by atoms with van der Waals surface area (Å²) in [5.41, 5.74) is 2.73. The SMILES string of the molecule is CCCCCCCCCCCCNC(=O)CCCOc1ccc(NC(NC(=O)CCc2cccnc2)C(=O)NCCc2ccccc2)cc1. The van der Waals surface area contributed by atoms with E-state index in [1.807, 2.05) is 54.6 Å². The highest BCUT2D eigenvalue weighted by molar-refractivity contribution is 5.89. The minimum atomic E-state index is -0.956. The van der Waals surface area contributed by atoms with Crippen molar-refractivity contribution in [3.63, 3.8) is 0 Å². The summed E-state index contributed by atoms with van der Waals surface area (Å²) in [5, 5.41) is 11.9. The molecule has 1 atom stereocenters. The lowest BCUT2D eigenvalue weighted by molar-refractivity contribution is -0.128. The van der Waals surface area contributed by atoms with Crippen molar-refractivity contribution >= 4 is 23.4 Å². The molecule has 0 bridgehead atoms. The molecule has 0 aliphatic rings. The number of amides is 3. The van der Waals surface area contributed by atoms with Crippen LogP contribution < -0.4 is 26.0 Å². The van der Waals surface area contributed by atoms with Gasteiger partial charge in [-0.05, 0) is 67.1 Å². The van der Waals surface area contributed by atoms with Crippen molar-refractivity contribution in [1.82, 2.24) is 20.9 Å². The predicted octanol–water partition coefficient (Wildman–Crippen LogP) is 7.12. The Bertz CT molecular complexity index is 1320. The van der Waals surface area contributed by atoms with E-state index in [1.165, 1.54) is 57.8 Å². The number of aryl methyl sites for hydroxylation is 1. The van der Waals surface area contributed by atoms with Crippen LogP contribution in [0.4, 0.5) is 5.69 Å². The zero-order chi connectivity index (χ0) is 34.8. The molecule has 0 saturated heterocycles. The van der Waals surface area contributed by atoms with E-state index >= 15 is 0 Å². The Labute approximate surface area is 293 Å².